The monoisotopic (exact) mass is 704 g/mol. The number of aryl methyl sites for hydroxylation is 4. The van der Waals surface area contributed by atoms with E-state index in [2.05, 4.69) is 19.9 Å². The minimum Gasteiger partial charge on any atom is -0.478 e. The molecular weight excluding hydrogens is 664 g/mol. The number of nitrogens with zero attached hydrogens (tertiary/aromatic N) is 4. The molecule has 4 aromatic heterocycles. The Kier molecular flexibility index (Phi) is 20.6. The molecule has 268 valence electrons. The van der Waals surface area contributed by atoms with Crippen molar-refractivity contribution in [2.24, 2.45) is 0 Å². The Labute approximate surface area is 301 Å². The summed E-state index contributed by atoms with van der Waals surface area (Å²) in [5.74, 6) is -4.51. The Balaban J connectivity index is 0.000000318. The van der Waals surface area contributed by atoms with E-state index in [0.717, 1.165) is 12.1 Å². The molecule has 0 unspecified atom stereocenters. The molecule has 0 bridgehead atoms. The van der Waals surface area contributed by atoms with E-state index in [-0.39, 0.29) is 22.3 Å². The van der Waals surface area contributed by atoms with Gasteiger partial charge in [0.25, 0.3) is 0 Å². The van der Waals surface area contributed by atoms with E-state index in [1.807, 2.05) is 76.2 Å². The van der Waals surface area contributed by atoms with Gasteiger partial charge in [-0.25, -0.2) is 19.2 Å². The van der Waals surface area contributed by atoms with Crippen LogP contribution in [-0.4, -0.2) is 64.2 Å². The molecule has 0 saturated carbocycles. The highest BCUT2D eigenvalue weighted by Crippen LogP contribution is 2.05. The van der Waals surface area contributed by atoms with Gasteiger partial charge in [-0.3, -0.25) is 19.9 Å². The summed E-state index contributed by atoms with van der Waals surface area (Å²) in [6.07, 6.45) is 14.3. The van der Waals surface area contributed by atoms with E-state index in [9.17, 15) is 19.2 Å². The molecule has 0 aliphatic carbocycles. The third-order valence-electron chi connectivity index (χ3n) is 6.10. The second-order valence-electron chi connectivity index (χ2n) is 10.5. The maximum absolute atomic E-state index is 10.4. The normalized spacial score (nSPS) is 9.00. The second-order valence-corrected chi connectivity index (χ2v) is 10.5. The lowest BCUT2D eigenvalue weighted by atomic mass is 10.1. The van der Waals surface area contributed by atoms with Crippen molar-refractivity contribution in [3.63, 3.8) is 0 Å². The molecule has 0 fully saturated rings. The van der Waals surface area contributed by atoms with Crippen LogP contribution in [0.2, 0.25) is 0 Å². The van der Waals surface area contributed by atoms with Crippen LogP contribution in [0.15, 0.2) is 147 Å². The molecule has 0 aliphatic heterocycles. The molecule has 0 radical (unpaired) electrons. The van der Waals surface area contributed by atoms with Crippen LogP contribution in [0.5, 0.6) is 0 Å². The van der Waals surface area contributed by atoms with Gasteiger partial charge in [-0.2, -0.15) is 0 Å². The van der Waals surface area contributed by atoms with Crippen LogP contribution in [0, 0.1) is 27.7 Å². The van der Waals surface area contributed by atoms with Crippen molar-refractivity contribution in [2.75, 3.05) is 0 Å². The van der Waals surface area contributed by atoms with Crippen molar-refractivity contribution in [3.05, 3.63) is 191 Å². The highest BCUT2D eigenvalue weighted by atomic mass is 16.4. The van der Waals surface area contributed by atoms with Crippen LogP contribution in [-0.2, 0) is 0 Å². The maximum Gasteiger partial charge on any atom is 0.335 e. The largest absolute Gasteiger partial charge is 0.478 e. The average Bonchev–Trinajstić information content (AvgIpc) is 3.14. The first-order valence-electron chi connectivity index (χ1n) is 15.4. The third-order valence-corrected chi connectivity index (χ3v) is 6.10. The molecule has 12 nitrogen and oxygen atoms in total. The van der Waals surface area contributed by atoms with E-state index in [1.54, 1.807) is 49.6 Å². The molecule has 2 aromatic carbocycles. The Morgan fingerprint density at radius 1 is 0.346 bits per heavy atom. The zero-order valence-electron chi connectivity index (χ0n) is 29.1. The van der Waals surface area contributed by atoms with Crippen molar-refractivity contribution in [1.29, 1.82) is 0 Å². The molecule has 12 heteroatoms. The Bertz CT molecular complexity index is 1650. The molecule has 52 heavy (non-hydrogen) atoms. The number of pyridine rings is 4. The molecule has 0 aliphatic rings. The summed E-state index contributed by atoms with van der Waals surface area (Å²) >= 11 is 0. The summed E-state index contributed by atoms with van der Waals surface area (Å²) in [6, 6.07) is 26.2. The van der Waals surface area contributed by atoms with Gasteiger partial charge in [-0.05, 0) is 135 Å². The predicted molar refractivity (Wildman–Crippen MR) is 197 cm³/mol. The average molecular weight is 705 g/mol. The van der Waals surface area contributed by atoms with Crippen LogP contribution in [0.25, 0.3) is 0 Å². The van der Waals surface area contributed by atoms with Crippen LogP contribution < -0.4 is 0 Å². The number of rotatable bonds is 4. The number of carboxylic acid groups (broad SMARTS) is 4. The van der Waals surface area contributed by atoms with Crippen molar-refractivity contribution in [1.82, 2.24) is 19.9 Å². The van der Waals surface area contributed by atoms with Crippen LogP contribution in [0.1, 0.15) is 63.7 Å². The number of benzene rings is 2. The fourth-order valence-corrected chi connectivity index (χ4v) is 3.28. The Morgan fingerprint density at radius 3 is 0.635 bits per heavy atom. The van der Waals surface area contributed by atoms with Crippen molar-refractivity contribution < 1.29 is 39.6 Å². The van der Waals surface area contributed by atoms with Crippen LogP contribution >= 0.6 is 0 Å². The lowest BCUT2D eigenvalue weighted by Crippen LogP contribution is -2.01. The first kappa shape index (κ1) is 42.9. The summed E-state index contributed by atoms with van der Waals surface area (Å²) in [7, 11) is 0. The van der Waals surface area contributed by atoms with Gasteiger partial charge < -0.3 is 20.4 Å². The topological polar surface area (TPSA) is 201 Å². The van der Waals surface area contributed by atoms with Crippen molar-refractivity contribution >= 4 is 23.9 Å². The Morgan fingerprint density at radius 2 is 0.519 bits per heavy atom. The van der Waals surface area contributed by atoms with Crippen molar-refractivity contribution in [2.45, 2.75) is 27.7 Å². The first-order chi connectivity index (χ1) is 24.8. The molecule has 0 amide bonds. The smallest absolute Gasteiger partial charge is 0.335 e. The van der Waals surface area contributed by atoms with E-state index in [4.69, 9.17) is 20.4 Å². The summed E-state index contributed by atoms with van der Waals surface area (Å²) in [4.78, 5) is 56.9. The summed E-state index contributed by atoms with van der Waals surface area (Å²) in [6.45, 7) is 8.17. The van der Waals surface area contributed by atoms with Gasteiger partial charge in [0.1, 0.15) is 0 Å². The van der Waals surface area contributed by atoms with Gasteiger partial charge in [-0.1, -0.05) is 12.1 Å². The second kappa shape index (κ2) is 25.0. The number of aromatic carboxylic acids is 4. The van der Waals surface area contributed by atoms with Gasteiger partial charge in [-0.15, -0.1) is 0 Å². The molecule has 6 aromatic rings. The molecule has 6 rings (SSSR count). The number of carbonyl (C=O) groups is 4. The summed E-state index contributed by atoms with van der Waals surface area (Å²) in [5, 5.41) is 34.0. The molecule has 0 saturated heterocycles. The SMILES string of the molecule is Cc1ccncc1.Cc1ccncc1.Cc1ccncc1.Cc1ccncc1.O=C(O)c1cccc(C(=O)O)c1.O=C(O)c1cccc(C(=O)O)c1. The fourth-order valence-electron chi connectivity index (χ4n) is 3.28. The maximum atomic E-state index is 10.4. The predicted octanol–water partition coefficient (Wildman–Crippen LogP) is 7.73. The molecular formula is C40H40N4O8. The summed E-state index contributed by atoms with van der Waals surface area (Å²) in [5.41, 5.74) is 4.96. The van der Waals surface area contributed by atoms with Crippen LogP contribution in [0.4, 0.5) is 0 Å². The van der Waals surface area contributed by atoms with Crippen LogP contribution in [0.3, 0.4) is 0 Å². The standard InChI is InChI=1S/2C8H6O4.4C6H7N/c2*9-7(10)5-2-1-3-6(4-5)8(11)12;4*1-6-2-4-7-5-3-6/h2*1-4H,(H,9,10)(H,11,12);4*2-5H,1H3. The third kappa shape index (κ3) is 20.3. The Hall–Kier alpha value is -7.08. The first-order valence-corrected chi connectivity index (χ1v) is 15.4. The highest BCUT2D eigenvalue weighted by Gasteiger charge is 2.07. The molecule has 4 heterocycles. The van der Waals surface area contributed by atoms with E-state index in [0.29, 0.717) is 0 Å². The zero-order chi connectivity index (χ0) is 38.7. The molecule has 0 spiro atoms. The quantitative estimate of drug-likeness (QED) is 0.139. The van der Waals surface area contributed by atoms with E-state index < -0.39 is 23.9 Å². The number of hydrogen-bond acceptors (Lipinski definition) is 8. The number of hydrogen-bond donors (Lipinski definition) is 4. The van der Waals surface area contributed by atoms with Gasteiger partial charge in [0.05, 0.1) is 22.3 Å². The highest BCUT2D eigenvalue weighted by molar-refractivity contribution is 5.94. The molecule has 0 atom stereocenters. The minimum atomic E-state index is -1.13. The van der Waals surface area contributed by atoms with Crippen molar-refractivity contribution in [3.8, 4) is 0 Å². The zero-order valence-corrected chi connectivity index (χ0v) is 29.1. The van der Waals surface area contributed by atoms with E-state index in [1.165, 1.54) is 58.7 Å². The number of aromatic nitrogens is 4. The van der Waals surface area contributed by atoms with Gasteiger partial charge >= 0.3 is 23.9 Å². The van der Waals surface area contributed by atoms with Gasteiger partial charge in [0.15, 0.2) is 0 Å². The van der Waals surface area contributed by atoms with E-state index >= 15 is 0 Å². The fraction of sp³-hybridized carbons (Fsp3) is 0.100. The lowest BCUT2D eigenvalue weighted by molar-refractivity contribution is 0.0676. The molecule has 4 N–H and O–H groups in total. The van der Waals surface area contributed by atoms with Gasteiger partial charge in [0, 0.05) is 49.6 Å². The lowest BCUT2D eigenvalue weighted by Gasteiger charge is -1.95. The number of carboxylic acids is 4. The summed E-state index contributed by atoms with van der Waals surface area (Å²) < 4.78 is 0. The van der Waals surface area contributed by atoms with Gasteiger partial charge in [0.2, 0.25) is 0 Å². The minimum absolute atomic E-state index is 0.0186.